The van der Waals surface area contributed by atoms with Gasteiger partial charge in [-0.25, -0.2) is 0 Å². The Bertz CT molecular complexity index is 246. The van der Waals surface area contributed by atoms with E-state index in [0.29, 0.717) is 6.04 Å². The molecule has 0 N–H and O–H groups in total. The van der Waals surface area contributed by atoms with Gasteiger partial charge in [0.25, 0.3) is 0 Å². The Morgan fingerprint density at radius 3 is 2.20 bits per heavy atom. The molecule has 0 aliphatic heterocycles. The van der Waals surface area contributed by atoms with E-state index in [1.165, 1.54) is 24.8 Å². The summed E-state index contributed by atoms with van der Waals surface area (Å²) in [6.07, 6.45) is 3.71. The van der Waals surface area contributed by atoms with E-state index in [2.05, 4.69) is 56.3 Å². The van der Waals surface area contributed by atoms with Crippen LogP contribution in [0.2, 0.25) is 0 Å². The minimum Gasteiger partial charge on any atom is -0.306 e. The van der Waals surface area contributed by atoms with Crippen molar-refractivity contribution in [2.45, 2.75) is 32.2 Å². The molecule has 86 valence electrons. The van der Waals surface area contributed by atoms with Gasteiger partial charge in [-0.3, -0.25) is 0 Å². The van der Waals surface area contributed by atoms with Crippen LogP contribution in [0.3, 0.4) is 0 Å². The van der Waals surface area contributed by atoms with E-state index in [0.717, 1.165) is 0 Å². The molecule has 0 bridgehead atoms. The summed E-state index contributed by atoms with van der Waals surface area (Å²) in [5, 5.41) is 0. The van der Waals surface area contributed by atoms with Gasteiger partial charge in [0.2, 0.25) is 0 Å². The normalized spacial score (nSPS) is 12.3. The van der Waals surface area contributed by atoms with Gasteiger partial charge in [-0.1, -0.05) is 43.7 Å². The number of nitrogens with zero attached hydrogens (tertiary/aromatic N) is 1. The molecule has 1 unspecified atom stereocenters. The van der Waals surface area contributed by atoms with E-state index in [4.69, 9.17) is 0 Å². The number of rotatable bonds is 5. The molecule has 1 rings (SSSR count). The number of benzene rings is 1. The molecular weight excluding hydrogens is 297 g/mol. The van der Waals surface area contributed by atoms with Crippen molar-refractivity contribution in [3.63, 3.8) is 0 Å². The summed E-state index contributed by atoms with van der Waals surface area (Å²) in [4.78, 5) is 2.33. The second-order valence-electron chi connectivity index (χ2n) is 4.10. The van der Waals surface area contributed by atoms with Crippen LogP contribution in [0.25, 0.3) is 0 Å². The number of hydrogen-bond donors (Lipinski definition) is 0. The SMILES string of the molecule is CCCC(Cc1ccccc1)N(C)C.I. The first kappa shape index (κ1) is 14.9. The van der Waals surface area contributed by atoms with Crippen LogP contribution in [0.4, 0.5) is 0 Å². The van der Waals surface area contributed by atoms with E-state index in [1.807, 2.05) is 0 Å². The van der Waals surface area contributed by atoms with Gasteiger partial charge < -0.3 is 4.90 Å². The van der Waals surface area contributed by atoms with Crippen LogP contribution in [0.5, 0.6) is 0 Å². The highest BCUT2D eigenvalue weighted by molar-refractivity contribution is 14.0. The molecule has 2 heteroatoms. The fourth-order valence-electron chi connectivity index (χ4n) is 1.76. The zero-order chi connectivity index (χ0) is 10.4. The largest absolute Gasteiger partial charge is 0.306 e. The molecule has 0 aliphatic rings. The lowest BCUT2D eigenvalue weighted by Gasteiger charge is -2.23. The summed E-state index contributed by atoms with van der Waals surface area (Å²) in [5.41, 5.74) is 1.44. The highest BCUT2D eigenvalue weighted by atomic mass is 127. The van der Waals surface area contributed by atoms with Gasteiger partial charge in [-0.2, -0.15) is 0 Å². The van der Waals surface area contributed by atoms with E-state index in [-0.39, 0.29) is 24.0 Å². The van der Waals surface area contributed by atoms with E-state index in [1.54, 1.807) is 0 Å². The van der Waals surface area contributed by atoms with E-state index < -0.39 is 0 Å². The zero-order valence-electron chi connectivity index (χ0n) is 9.94. The molecule has 1 aromatic carbocycles. The van der Waals surface area contributed by atoms with Crippen molar-refractivity contribution in [2.24, 2.45) is 0 Å². The van der Waals surface area contributed by atoms with Crippen molar-refractivity contribution < 1.29 is 0 Å². The molecule has 1 nitrogen and oxygen atoms in total. The minimum atomic E-state index is 0. The lowest BCUT2D eigenvalue weighted by Crippen LogP contribution is -2.29. The Labute approximate surface area is 111 Å². The summed E-state index contributed by atoms with van der Waals surface area (Å²) in [7, 11) is 4.34. The fourth-order valence-corrected chi connectivity index (χ4v) is 1.76. The van der Waals surface area contributed by atoms with Crippen LogP contribution >= 0.6 is 24.0 Å². The van der Waals surface area contributed by atoms with Crippen molar-refractivity contribution in [3.8, 4) is 0 Å². The Hall–Kier alpha value is -0.0900. The van der Waals surface area contributed by atoms with Gasteiger partial charge in [0.15, 0.2) is 0 Å². The summed E-state index contributed by atoms with van der Waals surface area (Å²) in [6, 6.07) is 11.4. The lowest BCUT2D eigenvalue weighted by molar-refractivity contribution is 0.275. The van der Waals surface area contributed by atoms with Crippen LogP contribution in [-0.2, 0) is 6.42 Å². The van der Waals surface area contributed by atoms with Gasteiger partial charge in [0.05, 0.1) is 0 Å². The maximum Gasteiger partial charge on any atom is 0.0129 e. The van der Waals surface area contributed by atoms with Gasteiger partial charge in [-0.05, 0) is 32.5 Å². The summed E-state index contributed by atoms with van der Waals surface area (Å²) in [6.45, 7) is 2.25. The Kier molecular flexibility index (Phi) is 8.06. The highest BCUT2D eigenvalue weighted by Gasteiger charge is 2.10. The molecule has 0 saturated heterocycles. The molecule has 0 aliphatic carbocycles. The van der Waals surface area contributed by atoms with Crippen LogP contribution in [0, 0.1) is 0 Å². The van der Waals surface area contributed by atoms with Crippen molar-refractivity contribution in [2.75, 3.05) is 14.1 Å². The Morgan fingerprint density at radius 2 is 1.73 bits per heavy atom. The zero-order valence-corrected chi connectivity index (χ0v) is 12.3. The van der Waals surface area contributed by atoms with Gasteiger partial charge in [0, 0.05) is 6.04 Å². The average Bonchev–Trinajstić information content (AvgIpc) is 2.18. The summed E-state index contributed by atoms with van der Waals surface area (Å²) < 4.78 is 0. The van der Waals surface area contributed by atoms with Gasteiger partial charge in [-0.15, -0.1) is 24.0 Å². The number of hydrogen-bond acceptors (Lipinski definition) is 1. The molecule has 0 spiro atoms. The van der Waals surface area contributed by atoms with Crippen LogP contribution in [-0.4, -0.2) is 25.0 Å². The van der Waals surface area contributed by atoms with E-state index >= 15 is 0 Å². The molecule has 1 atom stereocenters. The first-order valence-electron chi connectivity index (χ1n) is 5.44. The highest BCUT2D eigenvalue weighted by Crippen LogP contribution is 2.11. The predicted molar refractivity (Wildman–Crippen MR) is 77.9 cm³/mol. The lowest BCUT2D eigenvalue weighted by atomic mass is 10.0. The quantitative estimate of drug-likeness (QED) is 0.750. The van der Waals surface area contributed by atoms with Crippen LogP contribution < -0.4 is 0 Å². The Balaban J connectivity index is 0.00000196. The average molecular weight is 319 g/mol. The molecule has 0 radical (unpaired) electrons. The molecule has 15 heavy (non-hydrogen) atoms. The smallest absolute Gasteiger partial charge is 0.0129 e. The second-order valence-corrected chi connectivity index (χ2v) is 4.10. The number of likely N-dealkylation sites (N-methyl/N-ethyl adjacent to an activating group) is 1. The third kappa shape index (κ3) is 5.52. The maximum absolute atomic E-state index is 2.33. The molecule has 0 aromatic heterocycles. The molecule has 0 fully saturated rings. The monoisotopic (exact) mass is 319 g/mol. The van der Waals surface area contributed by atoms with Crippen molar-refractivity contribution in [3.05, 3.63) is 35.9 Å². The molecule has 1 aromatic rings. The maximum atomic E-state index is 2.33. The van der Waals surface area contributed by atoms with Crippen LogP contribution in [0.15, 0.2) is 30.3 Å². The topological polar surface area (TPSA) is 3.24 Å². The van der Waals surface area contributed by atoms with Gasteiger partial charge in [0.1, 0.15) is 0 Å². The van der Waals surface area contributed by atoms with Crippen molar-refractivity contribution >= 4 is 24.0 Å². The Morgan fingerprint density at radius 1 is 1.13 bits per heavy atom. The molecule has 0 saturated carbocycles. The first-order chi connectivity index (χ1) is 6.74. The summed E-state index contributed by atoms with van der Waals surface area (Å²) in [5.74, 6) is 0. The predicted octanol–water partition coefficient (Wildman–Crippen LogP) is 3.58. The molecule has 0 amide bonds. The standard InChI is InChI=1S/C13H21N.HI/c1-4-8-13(14(2)3)11-12-9-6-5-7-10-12;/h5-7,9-10,13H,4,8,11H2,1-3H3;1H. The summed E-state index contributed by atoms with van der Waals surface area (Å²) >= 11 is 0. The number of halogens is 1. The first-order valence-corrected chi connectivity index (χ1v) is 5.44. The molecular formula is C13H22IN. The van der Waals surface area contributed by atoms with E-state index in [9.17, 15) is 0 Å². The fraction of sp³-hybridized carbons (Fsp3) is 0.538. The third-order valence-electron chi connectivity index (χ3n) is 2.67. The third-order valence-corrected chi connectivity index (χ3v) is 2.67. The van der Waals surface area contributed by atoms with Gasteiger partial charge >= 0.3 is 0 Å². The second kappa shape index (κ2) is 8.11. The van der Waals surface area contributed by atoms with Crippen molar-refractivity contribution in [1.82, 2.24) is 4.90 Å². The molecule has 0 heterocycles. The minimum absolute atomic E-state index is 0. The van der Waals surface area contributed by atoms with Crippen molar-refractivity contribution in [1.29, 1.82) is 0 Å². The van der Waals surface area contributed by atoms with Crippen LogP contribution in [0.1, 0.15) is 25.3 Å².